The number of nitrogens with one attached hydrogen (secondary N) is 1. The van der Waals surface area contributed by atoms with Crippen molar-refractivity contribution in [3.63, 3.8) is 0 Å². The Bertz CT molecular complexity index is 1170. The van der Waals surface area contributed by atoms with Gasteiger partial charge in [0.25, 0.3) is 5.91 Å². The highest BCUT2D eigenvalue weighted by atomic mass is 16.4. The van der Waals surface area contributed by atoms with Crippen molar-refractivity contribution in [1.82, 2.24) is 14.9 Å². The highest BCUT2D eigenvalue weighted by Crippen LogP contribution is 2.16. The van der Waals surface area contributed by atoms with Gasteiger partial charge in [0.1, 0.15) is 5.69 Å². The summed E-state index contributed by atoms with van der Waals surface area (Å²) in [6.45, 7) is 2.56. The van der Waals surface area contributed by atoms with Crippen LogP contribution in [-0.2, 0) is 6.54 Å². The Balaban J connectivity index is 1.52. The van der Waals surface area contributed by atoms with Gasteiger partial charge in [-0.15, -0.1) is 0 Å². The van der Waals surface area contributed by atoms with Crippen molar-refractivity contribution in [2.75, 3.05) is 6.54 Å². The van der Waals surface area contributed by atoms with Crippen LogP contribution in [0.5, 0.6) is 0 Å². The number of carbonyl (C=O) groups excluding carboxylic acids is 1. The number of aryl methyl sites for hydroxylation is 1. The third-order valence-corrected chi connectivity index (χ3v) is 4.33. The average Bonchev–Trinajstić information content (AvgIpc) is 2.95. The van der Waals surface area contributed by atoms with E-state index in [0.717, 1.165) is 21.9 Å². The summed E-state index contributed by atoms with van der Waals surface area (Å²) in [5.74, 6) is -0.693. The van der Waals surface area contributed by atoms with E-state index in [-0.39, 0.29) is 5.91 Å². The van der Waals surface area contributed by atoms with Gasteiger partial charge in [-0.2, -0.15) is 0 Å². The van der Waals surface area contributed by atoms with Crippen LogP contribution in [0.25, 0.3) is 21.9 Å². The van der Waals surface area contributed by atoms with Crippen molar-refractivity contribution in [2.45, 2.75) is 13.5 Å². The van der Waals surface area contributed by atoms with Crippen LogP contribution in [0.3, 0.4) is 0 Å². The minimum atomic E-state index is -0.428. The quantitative estimate of drug-likeness (QED) is 0.616. The zero-order valence-electron chi connectivity index (χ0n) is 14.2. The van der Waals surface area contributed by atoms with Crippen molar-refractivity contribution in [2.24, 2.45) is 0 Å². The molecule has 130 valence electrons. The van der Waals surface area contributed by atoms with Gasteiger partial charge in [0.05, 0.1) is 5.52 Å². The van der Waals surface area contributed by atoms with Crippen LogP contribution < -0.4 is 11.1 Å². The molecule has 4 rings (SSSR count). The summed E-state index contributed by atoms with van der Waals surface area (Å²) < 4.78 is 6.78. The fourth-order valence-electron chi connectivity index (χ4n) is 3.05. The lowest BCUT2D eigenvalue weighted by Gasteiger charge is -2.07. The summed E-state index contributed by atoms with van der Waals surface area (Å²) in [7, 11) is 0. The lowest BCUT2D eigenvalue weighted by Crippen LogP contribution is -2.30. The third-order valence-electron chi connectivity index (χ3n) is 4.33. The molecule has 0 aliphatic heterocycles. The maximum Gasteiger partial charge on any atom is 0.420 e. The van der Waals surface area contributed by atoms with E-state index in [1.165, 1.54) is 4.57 Å². The second-order valence-electron chi connectivity index (χ2n) is 6.13. The average molecular weight is 347 g/mol. The molecule has 0 aliphatic carbocycles. The van der Waals surface area contributed by atoms with E-state index < -0.39 is 5.76 Å². The summed E-state index contributed by atoms with van der Waals surface area (Å²) in [5.41, 5.74) is 2.67. The van der Waals surface area contributed by atoms with Crippen LogP contribution in [0.15, 0.2) is 63.9 Å². The molecule has 6 nitrogen and oxygen atoms in total. The number of benzene rings is 2. The first-order valence-electron chi connectivity index (χ1n) is 8.35. The predicted molar refractivity (Wildman–Crippen MR) is 99.3 cm³/mol. The van der Waals surface area contributed by atoms with Gasteiger partial charge >= 0.3 is 5.76 Å². The van der Waals surface area contributed by atoms with Gasteiger partial charge in [-0.1, -0.05) is 30.3 Å². The molecule has 4 aromatic rings. The van der Waals surface area contributed by atoms with Crippen molar-refractivity contribution in [1.29, 1.82) is 0 Å². The second-order valence-corrected chi connectivity index (χ2v) is 6.13. The van der Waals surface area contributed by atoms with Gasteiger partial charge in [0.2, 0.25) is 0 Å². The molecule has 2 aromatic heterocycles. The van der Waals surface area contributed by atoms with Crippen molar-refractivity contribution in [3.05, 3.63) is 76.5 Å². The third kappa shape index (κ3) is 2.86. The molecule has 0 spiro atoms. The number of rotatable bonds is 4. The molecule has 2 aromatic carbocycles. The Kier molecular flexibility index (Phi) is 4.01. The molecule has 26 heavy (non-hydrogen) atoms. The first kappa shape index (κ1) is 16.1. The monoisotopic (exact) mass is 347 g/mol. The first-order chi connectivity index (χ1) is 12.6. The number of oxazole rings is 1. The van der Waals surface area contributed by atoms with E-state index in [4.69, 9.17) is 4.42 Å². The van der Waals surface area contributed by atoms with Crippen molar-refractivity contribution in [3.8, 4) is 0 Å². The highest BCUT2D eigenvalue weighted by Gasteiger charge is 2.13. The molecule has 0 unspecified atom stereocenters. The molecule has 2 heterocycles. The molecule has 1 N–H and O–H groups in total. The maximum atomic E-state index is 12.5. The number of nitrogens with zero attached hydrogens (tertiary/aromatic N) is 2. The molecular weight excluding hydrogens is 330 g/mol. The predicted octanol–water partition coefficient (Wildman–Crippen LogP) is 2.88. The zero-order valence-corrected chi connectivity index (χ0v) is 14.2. The molecule has 6 heteroatoms. The topological polar surface area (TPSA) is 77.1 Å². The first-order valence-corrected chi connectivity index (χ1v) is 8.35. The Morgan fingerprint density at radius 3 is 2.92 bits per heavy atom. The van der Waals surface area contributed by atoms with Gasteiger partial charge in [-0.25, -0.2) is 4.79 Å². The standard InChI is InChI=1S/C20H17N3O3/c1-13-6-7-16-17(12-13)26-20(25)23(16)11-10-22-19(24)18-15-5-3-2-4-14(15)8-9-21-18/h2-9,12H,10-11H2,1H3,(H,22,24). The van der Waals surface area contributed by atoms with Gasteiger partial charge in [0.15, 0.2) is 5.58 Å². The molecule has 0 fully saturated rings. The number of hydrogen-bond acceptors (Lipinski definition) is 4. The normalized spacial score (nSPS) is 11.1. The Labute approximate surface area is 149 Å². The minimum Gasteiger partial charge on any atom is -0.408 e. The van der Waals surface area contributed by atoms with E-state index in [1.807, 2.05) is 55.5 Å². The molecule has 0 bridgehead atoms. The molecule has 1 amide bonds. The Hall–Kier alpha value is -3.41. The van der Waals surface area contributed by atoms with Crippen LogP contribution in [0.4, 0.5) is 0 Å². The molecule has 0 atom stereocenters. The summed E-state index contributed by atoms with van der Waals surface area (Å²) in [6, 6.07) is 15.1. The van der Waals surface area contributed by atoms with Crippen molar-refractivity contribution < 1.29 is 9.21 Å². The SMILES string of the molecule is Cc1ccc2c(c1)oc(=O)n2CCNC(=O)c1nccc2ccccc12. The summed E-state index contributed by atoms with van der Waals surface area (Å²) in [4.78, 5) is 28.7. The van der Waals surface area contributed by atoms with Gasteiger partial charge in [-0.3, -0.25) is 14.3 Å². The number of aromatic nitrogens is 2. The van der Waals surface area contributed by atoms with Crippen LogP contribution in [0.1, 0.15) is 16.1 Å². The lowest BCUT2D eigenvalue weighted by molar-refractivity contribution is 0.0949. The summed E-state index contributed by atoms with van der Waals surface area (Å²) >= 11 is 0. The smallest absolute Gasteiger partial charge is 0.408 e. The van der Waals surface area contributed by atoms with E-state index in [2.05, 4.69) is 10.3 Å². The van der Waals surface area contributed by atoms with Gasteiger partial charge < -0.3 is 9.73 Å². The largest absolute Gasteiger partial charge is 0.420 e. The van der Waals surface area contributed by atoms with Crippen LogP contribution >= 0.6 is 0 Å². The zero-order chi connectivity index (χ0) is 18.1. The summed E-state index contributed by atoms with van der Waals surface area (Å²) in [5, 5.41) is 4.59. The fourth-order valence-corrected chi connectivity index (χ4v) is 3.05. The van der Waals surface area contributed by atoms with E-state index in [0.29, 0.717) is 24.4 Å². The van der Waals surface area contributed by atoms with Crippen LogP contribution in [-0.4, -0.2) is 22.0 Å². The number of pyridine rings is 1. The molecule has 0 radical (unpaired) electrons. The fraction of sp³-hybridized carbons (Fsp3) is 0.150. The van der Waals surface area contributed by atoms with Crippen LogP contribution in [0, 0.1) is 6.92 Å². The Morgan fingerprint density at radius 2 is 2.04 bits per heavy atom. The number of amides is 1. The summed E-state index contributed by atoms with van der Waals surface area (Å²) in [6.07, 6.45) is 1.62. The molecular formula is C20H17N3O3. The minimum absolute atomic E-state index is 0.265. The maximum absolute atomic E-state index is 12.5. The van der Waals surface area contributed by atoms with Gasteiger partial charge in [0, 0.05) is 24.7 Å². The van der Waals surface area contributed by atoms with Crippen LogP contribution in [0.2, 0.25) is 0 Å². The van der Waals surface area contributed by atoms with E-state index in [9.17, 15) is 9.59 Å². The van der Waals surface area contributed by atoms with E-state index in [1.54, 1.807) is 6.20 Å². The van der Waals surface area contributed by atoms with E-state index >= 15 is 0 Å². The lowest BCUT2D eigenvalue weighted by atomic mass is 10.1. The second kappa shape index (κ2) is 6.48. The highest BCUT2D eigenvalue weighted by molar-refractivity contribution is 6.05. The number of hydrogen-bond donors (Lipinski definition) is 1. The van der Waals surface area contributed by atoms with Crippen molar-refractivity contribution >= 4 is 27.8 Å². The molecule has 0 saturated heterocycles. The Morgan fingerprint density at radius 1 is 1.19 bits per heavy atom. The number of fused-ring (bicyclic) bond motifs is 2. The number of carbonyl (C=O) groups is 1. The molecule has 0 saturated carbocycles. The van der Waals surface area contributed by atoms with Gasteiger partial charge in [-0.05, 0) is 36.1 Å². The molecule has 0 aliphatic rings.